The first-order valence-corrected chi connectivity index (χ1v) is 5.76. The van der Waals surface area contributed by atoms with E-state index in [0.29, 0.717) is 6.07 Å². The Bertz CT molecular complexity index is 508. The Hall–Kier alpha value is -1.65. The highest BCUT2D eigenvalue weighted by Gasteiger charge is 2.36. The standard InChI is InChI=1S/C13H13F4NO2/c1-7(19)8(2)20-12(6-18)10-4-3-9(14)5-11(10)13(15,16)17/h3-5,7-8,12,19H,1-2H3. The predicted octanol–water partition coefficient (Wildman–Crippen LogP) is 3.20. The Morgan fingerprint density at radius 1 is 1.30 bits per heavy atom. The van der Waals surface area contributed by atoms with Crippen molar-refractivity contribution in [2.45, 2.75) is 38.3 Å². The van der Waals surface area contributed by atoms with Crippen molar-refractivity contribution in [3.8, 4) is 6.07 Å². The minimum atomic E-state index is -4.80. The lowest BCUT2D eigenvalue weighted by Crippen LogP contribution is -2.25. The molecular formula is C13H13F4NO2. The lowest BCUT2D eigenvalue weighted by atomic mass is 10.0. The Morgan fingerprint density at radius 2 is 1.90 bits per heavy atom. The minimum Gasteiger partial charge on any atom is -0.391 e. The first-order chi connectivity index (χ1) is 9.16. The number of alkyl halides is 3. The second kappa shape index (κ2) is 6.20. The lowest BCUT2D eigenvalue weighted by molar-refractivity contribution is -0.140. The van der Waals surface area contributed by atoms with E-state index in [1.165, 1.54) is 13.8 Å². The summed E-state index contributed by atoms with van der Waals surface area (Å²) in [6.07, 6.45) is -8.15. The van der Waals surface area contributed by atoms with Gasteiger partial charge in [0, 0.05) is 5.56 Å². The number of benzene rings is 1. The van der Waals surface area contributed by atoms with E-state index in [-0.39, 0.29) is 0 Å². The summed E-state index contributed by atoms with van der Waals surface area (Å²) < 4.78 is 56.6. The largest absolute Gasteiger partial charge is 0.416 e. The molecule has 1 aromatic carbocycles. The summed E-state index contributed by atoms with van der Waals surface area (Å²) in [7, 11) is 0. The Balaban J connectivity index is 3.20. The zero-order chi connectivity index (χ0) is 15.5. The second-order valence-corrected chi connectivity index (χ2v) is 4.32. The van der Waals surface area contributed by atoms with Gasteiger partial charge in [-0.1, -0.05) is 6.07 Å². The quantitative estimate of drug-likeness (QED) is 0.867. The summed E-state index contributed by atoms with van der Waals surface area (Å²) in [6, 6.07) is 3.58. The molecular weight excluding hydrogens is 278 g/mol. The molecule has 0 aliphatic carbocycles. The van der Waals surface area contributed by atoms with E-state index < -0.39 is 41.4 Å². The van der Waals surface area contributed by atoms with Crippen molar-refractivity contribution >= 4 is 0 Å². The number of ether oxygens (including phenoxy) is 1. The fourth-order valence-corrected chi connectivity index (χ4v) is 1.50. The molecule has 0 amide bonds. The maximum atomic E-state index is 13.0. The molecule has 3 nitrogen and oxygen atoms in total. The van der Waals surface area contributed by atoms with Crippen molar-refractivity contribution < 1.29 is 27.4 Å². The van der Waals surface area contributed by atoms with Crippen LogP contribution in [0.4, 0.5) is 17.6 Å². The van der Waals surface area contributed by atoms with Gasteiger partial charge in [0.25, 0.3) is 0 Å². The molecule has 110 valence electrons. The molecule has 0 aliphatic rings. The van der Waals surface area contributed by atoms with Crippen LogP contribution < -0.4 is 0 Å². The third kappa shape index (κ3) is 3.92. The number of hydrogen-bond donors (Lipinski definition) is 1. The third-order valence-corrected chi connectivity index (χ3v) is 2.75. The molecule has 0 aliphatic heterocycles. The van der Waals surface area contributed by atoms with Crippen LogP contribution in [0, 0.1) is 17.1 Å². The van der Waals surface area contributed by atoms with Crippen LogP contribution in [-0.2, 0) is 10.9 Å². The third-order valence-electron chi connectivity index (χ3n) is 2.75. The average molecular weight is 291 g/mol. The SMILES string of the molecule is CC(O)C(C)OC(C#N)c1ccc(F)cc1C(F)(F)F. The lowest BCUT2D eigenvalue weighted by Gasteiger charge is -2.22. The van der Waals surface area contributed by atoms with Crippen molar-refractivity contribution in [2.24, 2.45) is 0 Å². The molecule has 3 unspecified atom stereocenters. The predicted molar refractivity (Wildman–Crippen MR) is 62.0 cm³/mol. The van der Waals surface area contributed by atoms with Crippen LogP contribution >= 0.6 is 0 Å². The zero-order valence-electron chi connectivity index (χ0n) is 10.8. The van der Waals surface area contributed by atoms with Crippen molar-refractivity contribution in [1.29, 1.82) is 5.26 Å². The summed E-state index contributed by atoms with van der Waals surface area (Å²) in [5, 5.41) is 18.2. The molecule has 0 saturated carbocycles. The fourth-order valence-electron chi connectivity index (χ4n) is 1.50. The average Bonchev–Trinajstić information content (AvgIpc) is 2.34. The van der Waals surface area contributed by atoms with Crippen LogP contribution in [0.15, 0.2) is 18.2 Å². The number of nitrogens with zero attached hydrogens (tertiary/aromatic N) is 1. The molecule has 7 heteroatoms. The molecule has 0 spiro atoms. The van der Waals surface area contributed by atoms with Crippen LogP contribution in [0.25, 0.3) is 0 Å². The number of nitriles is 1. The Labute approximate surface area is 113 Å². The van der Waals surface area contributed by atoms with Gasteiger partial charge in [-0.25, -0.2) is 4.39 Å². The fraction of sp³-hybridized carbons (Fsp3) is 0.462. The van der Waals surface area contributed by atoms with Crippen molar-refractivity contribution in [1.82, 2.24) is 0 Å². The van der Waals surface area contributed by atoms with Gasteiger partial charge in [-0.3, -0.25) is 0 Å². The van der Waals surface area contributed by atoms with E-state index >= 15 is 0 Å². The van der Waals surface area contributed by atoms with Crippen LogP contribution in [0.1, 0.15) is 31.1 Å². The van der Waals surface area contributed by atoms with E-state index in [1.807, 2.05) is 0 Å². The monoisotopic (exact) mass is 291 g/mol. The second-order valence-electron chi connectivity index (χ2n) is 4.32. The molecule has 1 rings (SSSR count). The van der Waals surface area contributed by atoms with E-state index in [1.54, 1.807) is 6.07 Å². The Morgan fingerprint density at radius 3 is 2.35 bits per heavy atom. The summed E-state index contributed by atoms with van der Waals surface area (Å²) in [6.45, 7) is 2.81. The van der Waals surface area contributed by atoms with Gasteiger partial charge in [0.2, 0.25) is 0 Å². The maximum Gasteiger partial charge on any atom is 0.416 e. The molecule has 0 bridgehead atoms. The van der Waals surface area contributed by atoms with Gasteiger partial charge in [-0.15, -0.1) is 0 Å². The highest BCUT2D eigenvalue weighted by Crippen LogP contribution is 2.36. The van der Waals surface area contributed by atoms with E-state index in [9.17, 15) is 22.7 Å². The van der Waals surface area contributed by atoms with Gasteiger partial charge >= 0.3 is 6.18 Å². The summed E-state index contributed by atoms with van der Waals surface area (Å²) in [5.41, 5.74) is -1.74. The first kappa shape index (κ1) is 16.4. The Kier molecular flexibility index (Phi) is 5.09. The van der Waals surface area contributed by atoms with E-state index in [0.717, 1.165) is 12.1 Å². The smallest absolute Gasteiger partial charge is 0.391 e. The zero-order valence-corrected chi connectivity index (χ0v) is 10.8. The highest BCUT2D eigenvalue weighted by molar-refractivity contribution is 5.35. The molecule has 3 atom stereocenters. The van der Waals surface area contributed by atoms with E-state index in [2.05, 4.69) is 0 Å². The van der Waals surface area contributed by atoms with E-state index in [4.69, 9.17) is 10.00 Å². The molecule has 1 aromatic rings. The molecule has 1 N–H and O–H groups in total. The topological polar surface area (TPSA) is 53.2 Å². The summed E-state index contributed by atoms with van der Waals surface area (Å²) in [4.78, 5) is 0. The number of aliphatic hydroxyl groups excluding tert-OH is 1. The maximum absolute atomic E-state index is 13.0. The van der Waals surface area contributed by atoms with Crippen LogP contribution in [0.5, 0.6) is 0 Å². The molecule has 0 heterocycles. The first-order valence-electron chi connectivity index (χ1n) is 5.76. The normalized spacial score (nSPS) is 16.3. The van der Waals surface area contributed by atoms with Gasteiger partial charge in [-0.05, 0) is 26.0 Å². The molecule has 0 fully saturated rings. The number of rotatable bonds is 4. The van der Waals surface area contributed by atoms with Crippen LogP contribution in [0.3, 0.4) is 0 Å². The number of aliphatic hydroxyl groups is 1. The van der Waals surface area contributed by atoms with Gasteiger partial charge < -0.3 is 9.84 Å². The molecule has 0 radical (unpaired) electrons. The van der Waals surface area contributed by atoms with Gasteiger partial charge in [0.15, 0.2) is 6.10 Å². The summed E-state index contributed by atoms with van der Waals surface area (Å²) in [5.74, 6) is -1.05. The number of halogens is 4. The molecule has 0 saturated heterocycles. The molecule has 0 aromatic heterocycles. The number of hydrogen-bond acceptors (Lipinski definition) is 3. The van der Waals surface area contributed by atoms with Crippen LogP contribution in [-0.4, -0.2) is 17.3 Å². The highest BCUT2D eigenvalue weighted by atomic mass is 19.4. The van der Waals surface area contributed by atoms with Crippen molar-refractivity contribution in [2.75, 3.05) is 0 Å². The van der Waals surface area contributed by atoms with Crippen molar-refractivity contribution in [3.63, 3.8) is 0 Å². The van der Waals surface area contributed by atoms with Gasteiger partial charge in [0.1, 0.15) is 5.82 Å². The summed E-state index contributed by atoms with van der Waals surface area (Å²) >= 11 is 0. The van der Waals surface area contributed by atoms with Gasteiger partial charge in [-0.2, -0.15) is 18.4 Å². The molecule has 20 heavy (non-hydrogen) atoms. The van der Waals surface area contributed by atoms with Gasteiger partial charge in [0.05, 0.1) is 23.8 Å². The minimum absolute atomic E-state index is 0.316. The van der Waals surface area contributed by atoms with Crippen molar-refractivity contribution in [3.05, 3.63) is 35.1 Å². The van der Waals surface area contributed by atoms with Crippen LogP contribution in [0.2, 0.25) is 0 Å².